The van der Waals surface area contributed by atoms with Crippen LogP contribution in [-0.2, 0) is 0 Å². The van der Waals surface area contributed by atoms with Crippen LogP contribution in [-0.4, -0.2) is 37.1 Å². The molecule has 1 aliphatic carbocycles. The molecule has 1 saturated heterocycles. The van der Waals surface area contributed by atoms with Crippen LogP contribution in [0.2, 0.25) is 0 Å². The molecule has 2 fully saturated rings. The first-order valence-electron chi connectivity index (χ1n) is 8.96. The SMILES string of the molecule is CCCNC(CN1CCCC(C(C)(C)C)CC1)C1CC1. The smallest absolute Gasteiger partial charge is 0.0223 e. The van der Waals surface area contributed by atoms with Gasteiger partial charge in [0.25, 0.3) is 0 Å². The zero-order valence-corrected chi connectivity index (χ0v) is 14.3. The summed E-state index contributed by atoms with van der Waals surface area (Å²) in [6.07, 6.45) is 8.40. The van der Waals surface area contributed by atoms with Crippen LogP contribution in [0.25, 0.3) is 0 Å². The summed E-state index contributed by atoms with van der Waals surface area (Å²) in [6, 6.07) is 0.765. The molecule has 1 saturated carbocycles. The van der Waals surface area contributed by atoms with Gasteiger partial charge in [0.15, 0.2) is 0 Å². The fraction of sp³-hybridized carbons (Fsp3) is 1.00. The first kappa shape index (κ1) is 16.3. The fourth-order valence-electron chi connectivity index (χ4n) is 3.69. The van der Waals surface area contributed by atoms with Crippen molar-refractivity contribution < 1.29 is 0 Å². The van der Waals surface area contributed by atoms with Gasteiger partial charge in [-0.25, -0.2) is 0 Å². The molecule has 0 amide bonds. The molecule has 20 heavy (non-hydrogen) atoms. The lowest BCUT2D eigenvalue weighted by molar-refractivity contribution is 0.200. The second kappa shape index (κ2) is 7.26. The lowest BCUT2D eigenvalue weighted by Crippen LogP contribution is -2.43. The molecule has 0 radical (unpaired) electrons. The maximum Gasteiger partial charge on any atom is 0.0223 e. The van der Waals surface area contributed by atoms with Crippen molar-refractivity contribution in [3.63, 3.8) is 0 Å². The molecule has 1 heterocycles. The molecule has 0 aromatic carbocycles. The highest BCUT2D eigenvalue weighted by molar-refractivity contribution is 4.89. The van der Waals surface area contributed by atoms with E-state index in [4.69, 9.17) is 0 Å². The Morgan fingerprint density at radius 3 is 2.45 bits per heavy atom. The lowest BCUT2D eigenvalue weighted by Gasteiger charge is -2.30. The van der Waals surface area contributed by atoms with E-state index in [1.807, 2.05) is 0 Å². The quantitative estimate of drug-likeness (QED) is 0.793. The Morgan fingerprint density at radius 2 is 1.85 bits per heavy atom. The average Bonchev–Trinajstić information content (AvgIpc) is 3.19. The van der Waals surface area contributed by atoms with E-state index in [-0.39, 0.29) is 0 Å². The molecular weight excluding hydrogens is 244 g/mol. The van der Waals surface area contributed by atoms with Gasteiger partial charge in [0.2, 0.25) is 0 Å². The molecule has 118 valence electrons. The summed E-state index contributed by atoms with van der Waals surface area (Å²) < 4.78 is 0. The van der Waals surface area contributed by atoms with Crippen molar-refractivity contribution in [3.05, 3.63) is 0 Å². The second-order valence-corrected chi connectivity index (χ2v) is 8.19. The molecule has 0 bridgehead atoms. The number of likely N-dealkylation sites (tertiary alicyclic amines) is 1. The molecule has 2 aliphatic rings. The van der Waals surface area contributed by atoms with Crippen molar-refractivity contribution >= 4 is 0 Å². The van der Waals surface area contributed by atoms with E-state index in [0.29, 0.717) is 5.41 Å². The van der Waals surface area contributed by atoms with E-state index in [9.17, 15) is 0 Å². The van der Waals surface area contributed by atoms with E-state index < -0.39 is 0 Å². The fourth-order valence-corrected chi connectivity index (χ4v) is 3.69. The largest absolute Gasteiger partial charge is 0.312 e. The molecule has 2 rings (SSSR count). The molecule has 2 unspecified atom stereocenters. The molecular formula is C18H36N2. The van der Waals surface area contributed by atoms with Crippen LogP contribution >= 0.6 is 0 Å². The first-order valence-corrected chi connectivity index (χ1v) is 8.96. The summed E-state index contributed by atoms with van der Waals surface area (Å²) in [5.41, 5.74) is 0.492. The van der Waals surface area contributed by atoms with Gasteiger partial charge in [-0.15, -0.1) is 0 Å². The van der Waals surface area contributed by atoms with E-state index >= 15 is 0 Å². The molecule has 2 nitrogen and oxygen atoms in total. The normalized spacial score (nSPS) is 27.3. The lowest BCUT2D eigenvalue weighted by atomic mass is 9.77. The zero-order valence-electron chi connectivity index (χ0n) is 14.3. The predicted octanol–water partition coefficient (Wildman–Crippen LogP) is 3.91. The van der Waals surface area contributed by atoms with Gasteiger partial charge in [-0.3, -0.25) is 0 Å². The Labute approximate surface area is 126 Å². The van der Waals surface area contributed by atoms with E-state index in [1.54, 1.807) is 0 Å². The monoisotopic (exact) mass is 280 g/mol. The Hall–Kier alpha value is -0.0800. The standard InChI is InChI=1S/C18H36N2/c1-5-11-19-17(15-8-9-15)14-20-12-6-7-16(10-13-20)18(2,3)4/h15-17,19H,5-14H2,1-4H3. The van der Waals surface area contributed by atoms with Gasteiger partial charge >= 0.3 is 0 Å². The van der Waals surface area contributed by atoms with E-state index in [1.165, 1.54) is 64.7 Å². The summed E-state index contributed by atoms with van der Waals surface area (Å²) in [5.74, 6) is 1.89. The summed E-state index contributed by atoms with van der Waals surface area (Å²) in [4.78, 5) is 2.75. The number of hydrogen-bond donors (Lipinski definition) is 1. The van der Waals surface area contributed by atoms with Gasteiger partial charge < -0.3 is 10.2 Å². The highest BCUT2D eigenvalue weighted by Crippen LogP contribution is 2.36. The predicted molar refractivity (Wildman–Crippen MR) is 88.0 cm³/mol. The molecule has 0 spiro atoms. The van der Waals surface area contributed by atoms with Gasteiger partial charge in [0, 0.05) is 12.6 Å². The van der Waals surface area contributed by atoms with Crippen LogP contribution in [0.1, 0.15) is 66.2 Å². The highest BCUT2D eigenvalue weighted by Gasteiger charge is 2.33. The van der Waals surface area contributed by atoms with Crippen LogP contribution in [0, 0.1) is 17.3 Å². The van der Waals surface area contributed by atoms with Crippen LogP contribution in [0.4, 0.5) is 0 Å². The Balaban J connectivity index is 1.80. The van der Waals surface area contributed by atoms with Crippen molar-refractivity contribution in [1.29, 1.82) is 0 Å². The summed E-state index contributed by atoms with van der Waals surface area (Å²) >= 11 is 0. The minimum atomic E-state index is 0.492. The topological polar surface area (TPSA) is 15.3 Å². The maximum absolute atomic E-state index is 3.80. The number of nitrogens with zero attached hydrogens (tertiary/aromatic N) is 1. The van der Waals surface area contributed by atoms with Gasteiger partial charge in [0.1, 0.15) is 0 Å². The molecule has 2 heteroatoms. The molecule has 1 aliphatic heterocycles. The van der Waals surface area contributed by atoms with Gasteiger partial charge in [-0.05, 0) is 75.4 Å². The molecule has 1 N–H and O–H groups in total. The summed E-state index contributed by atoms with van der Waals surface area (Å²) in [6.45, 7) is 14.7. The first-order chi connectivity index (χ1) is 9.50. The van der Waals surface area contributed by atoms with Crippen LogP contribution in [0.5, 0.6) is 0 Å². The number of nitrogens with one attached hydrogen (secondary N) is 1. The Bertz CT molecular complexity index is 278. The van der Waals surface area contributed by atoms with Gasteiger partial charge in [-0.1, -0.05) is 27.7 Å². The molecule has 2 atom stereocenters. The van der Waals surface area contributed by atoms with Crippen molar-refractivity contribution in [3.8, 4) is 0 Å². The van der Waals surface area contributed by atoms with E-state index in [2.05, 4.69) is 37.9 Å². The van der Waals surface area contributed by atoms with Crippen molar-refractivity contribution in [2.24, 2.45) is 17.3 Å². The van der Waals surface area contributed by atoms with Crippen LogP contribution < -0.4 is 5.32 Å². The van der Waals surface area contributed by atoms with Crippen molar-refractivity contribution in [2.45, 2.75) is 72.3 Å². The minimum absolute atomic E-state index is 0.492. The average molecular weight is 281 g/mol. The number of rotatable bonds is 6. The third-order valence-corrected chi connectivity index (χ3v) is 5.35. The van der Waals surface area contributed by atoms with Crippen LogP contribution in [0.15, 0.2) is 0 Å². The highest BCUT2D eigenvalue weighted by atomic mass is 15.2. The van der Waals surface area contributed by atoms with E-state index in [0.717, 1.165) is 17.9 Å². The summed E-state index contributed by atoms with van der Waals surface area (Å²) in [7, 11) is 0. The number of hydrogen-bond acceptors (Lipinski definition) is 2. The van der Waals surface area contributed by atoms with Gasteiger partial charge in [0.05, 0.1) is 0 Å². The second-order valence-electron chi connectivity index (χ2n) is 8.19. The minimum Gasteiger partial charge on any atom is -0.312 e. The van der Waals surface area contributed by atoms with Crippen LogP contribution in [0.3, 0.4) is 0 Å². The molecule has 0 aromatic heterocycles. The summed E-state index contributed by atoms with van der Waals surface area (Å²) in [5, 5.41) is 3.80. The zero-order chi connectivity index (χ0) is 14.6. The third kappa shape index (κ3) is 5.04. The maximum atomic E-state index is 3.80. The molecule has 0 aromatic rings. The van der Waals surface area contributed by atoms with Gasteiger partial charge in [-0.2, -0.15) is 0 Å². The Kier molecular flexibility index (Phi) is 5.92. The Morgan fingerprint density at radius 1 is 1.10 bits per heavy atom. The van der Waals surface area contributed by atoms with Crippen molar-refractivity contribution in [2.75, 3.05) is 26.2 Å². The third-order valence-electron chi connectivity index (χ3n) is 5.35. The van der Waals surface area contributed by atoms with Crippen molar-refractivity contribution in [1.82, 2.24) is 10.2 Å².